The highest BCUT2D eigenvalue weighted by atomic mass is 16.6. The predicted molar refractivity (Wildman–Crippen MR) is 57.7 cm³/mol. The average Bonchev–Trinajstić information content (AvgIpc) is 2.80. The number of hydrogen-bond acceptors (Lipinski definition) is 3. The van der Waals surface area contributed by atoms with Gasteiger partial charge >= 0.3 is 6.09 Å². The second-order valence-electron chi connectivity index (χ2n) is 4.46. The number of ether oxygens (including phenoxy) is 1. The first kappa shape index (κ1) is 10.7. The van der Waals surface area contributed by atoms with E-state index in [1.807, 2.05) is 0 Å². The van der Waals surface area contributed by atoms with Gasteiger partial charge in [0.15, 0.2) is 0 Å². The molecule has 1 aliphatic carbocycles. The van der Waals surface area contributed by atoms with Gasteiger partial charge in [0.1, 0.15) is 0 Å². The molecule has 0 aromatic heterocycles. The molecule has 15 heavy (non-hydrogen) atoms. The van der Waals surface area contributed by atoms with Crippen molar-refractivity contribution in [3.05, 3.63) is 0 Å². The van der Waals surface area contributed by atoms with E-state index in [9.17, 15) is 4.79 Å². The van der Waals surface area contributed by atoms with Crippen LogP contribution in [0.1, 0.15) is 25.7 Å². The molecule has 2 fully saturated rings. The lowest BCUT2D eigenvalue weighted by Gasteiger charge is -2.27. The van der Waals surface area contributed by atoms with E-state index in [0.717, 1.165) is 26.2 Å². The molecule has 1 N–H and O–H groups in total. The van der Waals surface area contributed by atoms with Crippen molar-refractivity contribution in [3.63, 3.8) is 0 Å². The van der Waals surface area contributed by atoms with Gasteiger partial charge in [0, 0.05) is 26.2 Å². The van der Waals surface area contributed by atoms with E-state index in [4.69, 9.17) is 4.74 Å². The molecule has 0 unspecified atom stereocenters. The van der Waals surface area contributed by atoms with Crippen LogP contribution < -0.4 is 5.32 Å². The Labute approximate surface area is 91.0 Å². The van der Waals surface area contributed by atoms with Crippen LogP contribution in [0.15, 0.2) is 0 Å². The smallest absolute Gasteiger partial charge is 0.409 e. The number of carbonyl (C=O) groups is 1. The maximum Gasteiger partial charge on any atom is 0.409 e. The molecule has 1 heterocycles. The van der Waals surface area contributed by atoms with Crippen molar-refractivity contribution in [2.45, 2.75) is 25.7 Å². The van der Waals surface area contributed by atoms with Crippen LogP contribution >= 0.6 is 0 Å². The van der Waals surface area contributed by atoms with E-state index in [1.54, 1.807) is 4.90 Å². The zero-order valence-corrected chi connectivity index (χ0v) is 9.21. The zero-order chi connectivity index (χ0) is 10.5. The number of nitrogens with one attached hydrogen (secondary N) is 1. The third-order valence-electron chi connectivity index (χ3n) is 3.29. The van der Waals surface area contributed by atoms with Crippen molar-refractivity contribution in [2.75, 3.05) is 32.8 Å². The summed E-state index contributed by atoms with van der Waals surface area (Å²) in [6.07, 6.45) is 4.94. The van der Waals surface area contributed by atoms with Crippen LogP contribution in [-0.4, -0.2) is 43.8 Å². The molecule has 1 saturated carbocycles. The van der Waals surface area contributed by atoms with Gasteiger partial charge in [0.2, 0.25) is 0 Å². The average molecular weight is 212 g/mol. The zero-order valence-electron chi connectivity index (χ0n) is 9.21. The van der Waals surface area contributed by atoms with Gasteiger partial charge in [-0.2, -0.15) is 0 Å². The normalized spacial score (nSPS) is 23.1. The van der Waals surface area contributed by atoms with Gasteiger partial charge in [0.25, 0.3) is 0 Å². The van der Waals surface area contributed by atoms with E-state index < -0.39 is 0 Å². The summed E-state index contributed by atoms with van der Waals surface area (Å²) in [6.45, 7) is 3.97. The molecule has 0 atom stereocenters. The summed E-state index contributed by atoms with van der Waals surface area (Å²) in [5.74, 6) is 0.622. The van der Waals surface area contributed by atoms with Gasteiger partial charge < -0.3 is 15.0 Å². The molecule has 1 amide bonds. The Hall–Kier alpha value is -0.770. The molecular formula is C11H20N2O2. The molecule has 0 aromatic carbocycles. The Balaban J connectivity index is 1.66. The van der Waals surface area contributed by atoms with Crippen molar-refractivity contribution in [1.29, 1.82) is 0 Å². The minimum atomic E-state index is -0.122. The second-order valence-corrected chi connectivity index (χ2v) is 4.46. The fraction of sp³-hybridized carbons (Fsp3) is 0.909. The van der Waals surface area contributed by atoms with Gasteiger partial charge in [-0.1, -0.05) is 12.8 Å². The van der Waals surface area contributed by atoms with Crippen LogP contribution in [0.5, 0.6) is 0 Å². The lowest BCUT2D eigenvalue weighted by molar-refractivity contribution is 0.0843. The first-order valence-corrected chi connectivity index (χ1v) is 5.98. The molecule has 0 aromatic rings. The summed E-state index contributed by atoms with van der Waals surface area (Å²) in [5, 5.41) is 3.22. The molecular weight excluding hydrogens is 192 g/mol. The van der Waals surface area contributed by atoms with E-state index in [0.29, 0.717) is 12.5 Å². The third kappa shape index (κ3) is 3.09. The number of nitrogens with zero attached hydrogens (tertiary/aromatic N) is 1. The van der Waals surface area contributed by atoms with Crippen molar-refractivity contribution in [1.82, 2.24) is 10.2 Å². The van der Waals surface area contributed by atoms with Crippen molar-refractivity contribution < 1.29 is 9.53 Å². The summed E-state index contributed by atoms with van der Waals surface area (Å²) in [4.78, 5) is 13.4. The monoisotopic (exact) mass is 212 g/mol. The molecule has 1 aliphatic heterocycles. The maximum atomic E-state index is 11.6. The first-order valence-electron chi connectivity index (χ1n) is 5.98. The Morgan fingerprint density at radius 1 is 1.27 bits per heavy atom. The van der Waals surface area contributed by atoms with E-state index in [-0.39, 0.29) is 6.09 Å². The molecule has 2 aliphatic rings. The summed E-state index contributed by atoms with van der Waals surface area (Å²) < 4.78 is 5.32. The summed E-state index contributed by atoms with van der Waals surface area (Å²) in [5.41, 5.74) is 0. The number of rotatable bonds is 2. The largest absolute Gasteiger partial charge is 0.449 e. The predicted octanol–water partition coefficient (Wildman–Crippen LogP) is 1.22. The Morgan fingerprint density at radius 2 is 1.93 bits per heavy atom. The van der Waals surface area contributed by atoms with Crippen molar-refractivity contribution in [3.8, 4) is 0 Å². The lowest BCUT2D eigenvalue weighted by Crippen LogP contribution is -2.46. The lowest BCUT2D eigenvalue weighted by atomic mass is 10.1. The van der Waals surface area contributed by atoms with Gasteiger partial charge in [-0.3, -0.25) is 0 Å². The third-order valence-corrected chi connectivity index (χ3v) is 3.29. The highest BCUT2D eigenvalue weighted by Gasteiger charge is 2.20. The molecule has 0 radical (unpaired) electrons. The molecule has 2 rings (SSSR count). The van der Waals surface area contributed by atoms with Crippen molar-refractivity contribution in [2.24, 2.45) is 5.92 Å². The Bertz CT molecular complexity index is 209. The van der Waals surface area contributed by atoms with Gasteiger partial charge in [-0.25, -0.2) is 4.79 Å². The highest BCUT2D eigenvalue weighted by molar-refractivity contribution is 5.67. The molecule has 4 heteroatoms. The van der Waals surface area contributed by atoms with Gasteiger partial charge in [-0.05, 0) is 18.8 Å². The number of carbonyl (C=O) groups excluding carboxylic acids is 1. The quantitative estimate of drug-likeness (QED) is 0.748. The van der Waals surface area contributed by atoms with Crippen LogP contribution in [0, 0.1) is 5.92 Å². The van der Waals surface area contributed by atoms with E-state index >= 15 is 0 Å². The second kappa shape index (κ2) is 5.35. The number of hydrogen-bond donors (Lipinski definition) is 1. The number of amides is 1. The number of piperazine rings is 1. The van der Waals surface area contributed by atoms with Gasteiger partial charge in [0.05, 0.1) is 6.61 Å². The highest BCUT2D eigenvalue weighted by Crippen LogP contribution is 2.24. The van der Waals surface area contributed by atoms with E-state index in [1.165, 1.54) is 25.7 Å². The molecule has 0 spiro atoms. The van der Waals surface area contributed by atoms with E-state index in [2.05, 4.69) is 5.32 Å². The minimum Gasteiger partial charge on any atom is -0.449 e. The minimum absolute atomic E-state index is 0.122. The molecule has 0 bridgehead atoms. The molecule has 4 nitrogen and oxygen atoms in total. The fourth-order valence-corrected chi connectivity index (χ4v) is 2.30. The summed E-state index contributed by atoms with van der Waals surface area (Å²) >= 11 is 0. The fourth-order valence-electron chi connectivity index (χ4n) is 2.30. The van der Waals surface area contributed by atoms with Crippen molar-refractivity contribution >= 4 is 6.09 Å². The van der Waals surface area contributed by atoms with Crippen LogP contribution in [0.3, 0.4) is 0 Å². The SMILES string of the molecule is O=C(OCC1CCCC1)N1CCNCC1. The molecule has 1 saturated heterocycles. The Morgan fingerprint density at radius 3 is 2.60 bits per heavy atom. The molecule has 86 valence electrons. The van der Waals surface area contributed by atoms with Crippen LogP contribution in [0.25, 0.3) is 0 Å². The van der Waals surface area contributed by atoms with Gasteiger partial charge in [-0.15, -0.1) is 0 Å². The summed E-state index contributed by atoms with van der Waals surface area (Å²) in [6, 6.07) is 0. The summed E-state index contributed by atoms with van der Waals surface area (Å²) in [7, 11) is 0. The van der Waals surface area contributed by atoms with Crippen LogP contribution in [-0.2, 0) is 4.74 Å². The van der Waals surface area contributed by atoms with Crippen LogP contribution in [0.2, 0.25) is 0 Å². The first-order chi connectivity index (χ1) is 7.36. The topological polar surface area (TPSA) is 41.6 Å². The standard InChI is InChI=1S/C11H20N2O2/c14-11(13-7-5-12-6-8-13)15-9-10-3-1-2-4-10/h10,12H,1-9H2. The Kier molecular flexibility index (Phi) is 3.83. The van der Waals surface area contributed by atoms with Crippen LogP contribution in [0.4, 0.5) is 4.79 Å². The maximum absolute atomic E-state index is 11.6.